The molecule has 0 bridgehead atoms. The topological polar surface area (TPSA) is 58.2 Å². The van der Waals surface area contributed by atoms with Gasteiger partial charge in [0.15, 0.2) is 0 Å². The molecule has 0 saturated heterocycles. The van der Waals surface area contributed by atoms with E-state index in [0.717, 1.165) is 19.3 Å². The van der Waals surface area contributed by atoms with Crippen LogP contribution in [-0.4, -0.2) is 21.5 Å². The Morgan fingerprint density at radius 1 is 1.16 bits per heavy atom. The summed E-state index contributed by atoms with van der Waals surface area (Å²) in [5.41, 5.74) is 0.637. The van der Waals surface area contributed by atoms with E-state index in [9.17, 15) is 8.42 Å². The molecule has 2 N–H and O–H groups in total. The Bertz CT molecular complexity index is 528. The molecule has 19 heavy (non-hydrogen) atoms. The van der Waals surface area contributed by atoms with Crippen molar-refractivity contribution in [3.8, 4) is 0 Å². The number of hydrogen-bond donors (Lipinski definition) is 2. The van der Waals surface area contributed by atoms with Crippen LogP contribution < -0.4 is 10.0 Å². The summed E-state index contributed by atoms with van der Waals surface area (Å²) in [6, 6.07) is 7.05. The van der Waals surface area contributed by atoms with E-state index in [-0.39, 0.29) is 6.04 Å². The van der Waals surface area contributed by atoms with E-state index >= 15 is 0 Å². The highest BCUT2D eigenvalue weighted by Crippen LogP contribution is 2.27. The van der Waals surface area contributed by atoms with Crippen LogP contribution >= 0.6 is 0 Å². The Morgan fingerprint density at radius 3 is 2.53 bits per heavy atom. The zero-order chi connectivity index (χ0) is 13.9. The maximum absolute atomic E-state index is 12.5. The first-order valence-corrected chi connectivity index (χ1v) is 8.32. The lowest BCUT2D eigenvalue weighted by Gasteiger charge is -2.29. The van der Waals surface area contributed by atoms with Crippen LogP contribution in [0.25, 0.3) is 0 Å². The Hall–Kier alpha value is -1.07. The van der Waals surface area contributed by atoms with Crippen molar-refractivity contribution < 1.29 is 8.42 Å². The van der Waals surface area contributed by atoms with E-state index in [2.05, 4.69) is 17.0 Å². The summed E-state index contributed by atoms with van der Waals surface area (Å²) in [4.78, 5) is 0.329. The van der Waals surface area contributed by atoms with Gasteiger partial charge in [-0.25, -0.2) is 13.1 Å². The zero-order valence-electron chi connectivity index (χ0n) is 11.5. The van der Waals surface area contributed by atoms with Gasteiger partial charge in [-0.2, -0.15) is 0 Å². The molecule has 1 aliphatic rings. The van der Waals surface area contributed by atoms with Gasteiger partial charge in [-0.15, -0.1) is 0 Å². The first-order chi connectivity index (χ1) is 9.04. The molecular weight excluding hydrogens is 260 g/mol. The minimum Gasteiger partial charge on any atom is -0.387 e. The average Bonchev–Trinajstić information content (AvgIpc) is 2.41. The molecular formula is C14H22N2O2S. The molecule has 1 aliphatic carbocycles. The Morgan fingerprint density at radius 2 is 1.84 bits per heavy atom. The van der Waals surface area contributed by atoms with Crippen molar-refractivity contribution >= 4 is 15.7 Å². The van der Waals surface area contributed by atoms with Crippen molar-refractivity contribution in [2.45, 2.75) is 43.5 Å². The van der Waals surface area contributed by atoms with Gasteiger partial charge < -0.3 is 5.32 Å². The zero-order valence-corrected chi connectivity index (χ0v) is 12.3. The number of nitrogens with one attached hydrogen (secondary N) is 2. The number of anilines is 1. The summed E-state index contributed by atoms with van der Waals surface area (Å²) in [6.07, 6.45) is 4.33. The minimum atomic E-state index is -3.45. The lowest BCUT2D eigenvalue weighted by molar-refractivity contribution is 0.310. The molecule has 2 rings (SSSR count). The van der Waals surface area contributed by atoms with Crippen molar-refractivity contribution in [3.05, 3.63) is 24.3 Å². The number of benzene rings is 1. The van der Waals surface area contributed by atoms with Crippen LogP contribution in [0.15, 0.2) is 29.2 Å². The third kappa shape index (κ3) is 3.28. The van der Waals surface area contributed by atoms with Gasteiger partial charge in [-0.05, 0) is 30.9 Å². The predicted octanol–water partition coefficient (Wildman–Crippen LogP) is 2.59. The van der Waals surface area contributed by atoms with Crippen LogP contribution in [0.5, 0.6) is 0 Å². The van der Waals surface area contributed by atoms with E-state index in [1.165, 1.54) is 6.42 Å². The largest absolute Gasteiger partial charge is 0.387 e. The molecule has 0 amide bonds. The summed E-state index contributed by atoms with van der Waals surface area (Å²) in [5, 5.41) is 2.93. The molecule has 0 heterocycles. The second kappa shape index (κ2) is 5.92. The van der Waals surface area contributed by atoms with E-state index in [1.807, 2.05) is 6.07 Å². The maximum atomic E-state index is 12.5. The molecule has 2 unspecified atom stereocenters. The summed E-state index contributed by atoms with van der Waals surface area (Å²) in [5.74, 6) is 0.408. The molecule has 1 saturated carbocycles. The first-order valence-electron chi connectivity index (χ1n) is 6.83. The van der Waals surface area contributed by atoms with Gasteiger partial charge in [0.25, 0.3) is 0 Å². The molecule has 4 nitrogen and oxygen atoms in total. The van der Waals surface area contributed by atoms with Crippen LogP contribution in [0.1, 0.15) is 32.6 Å². The summed E-state index contributed by atoms with van der Waals surface area (Å²) in [6.45, 7) is 2.12. The molecule has 2 atom stereocenters. The smallest absolute Gasteiger partial charge is 0.242 e. The van der Waals surface area contributed by atoms with E-state index in [4.69, 9.17) is 0 Å². The van der Waals surface area contributed by atoms with Crippen molar-refractivity contribution in [1.29, 1.82) is 0 Å². The molecule has 1 aromatic carbocycles. The van der Waals surface area contributed by atoms with Crippen LogP contribution in [-0.2, 0) is 10.0 Å². The van der Waals surface area contributed by atoms with E-state index in [1.54, 1.807) is 25.2 Å². The predicted molar refractivity (Wildman–Crippen MR) is 77.7 cm³/mol. The lowest BCUT2D eigenvalue weighted by Crippen LogP contribution is -2.41. The second-order valence-electron chi connectivity index (χ2n) is 5.24. The molecule has 0 aromatic heterocycles. The lowest BCUT2D eigenvalue weighted by atomic mass is 9.87. The molecule has 0 spiro atoms. The van der Waals surface area contributed by atoms with Gasteiger partial charge in [-0.1, -0.05) is 31.9 Å². The van der Waals surface area contributed by atoms with Crippen molar-refractivity contribution in [2.75, 3.05) is 12.4 Å². The van der Waals surface area contributed by atoms with Crippen LogP contribution in [0.3, 0.4) is 0 Å². The average molecular weight is 282 g/mol. The van der Waals surface area contributed by atoms with Crippen molar-refractivity contribution in [1.82, 2.24) is 4.72 Å². The number of hydrogen-bond acceptors (Lipinski definition) is 3. The third-order valence-corrected chi connectivity index (χ3v) is 5.41. The van der Waals surface area contributed by atoms with Gasteiger partial charge >= 0.3 is 0 Å². The summed E-state index contributed by atoms with van der Waals surface area (Å²) in [7, 11) is -1.71. The maximum Gasteiger partial charge on any atom is 0.242 e. The normalized spacial score (nSPS) is 24.1. The van der Waals surface area contributed by atoms with Gasteiger partial charge in [-0.3, -0.25) is 0 Å². The molecule has 106 valence electrons. The van der Waals surface area contributed by atoms with Crippen LogP contribution in [0.4, 0.5) is 5.69 Å². The molecule has 0 aliphatic heterocycles. The van der Waals surface area contributed by atoms with Crippen molar-refractivity contribution in [3.63, 3.8) is 0 Å². The standard InChI is InChI=1S/C14H22N2O2S/c1-11-7-3-4-8-12(11)16-19(17,18)14-10-6-5-9-13(14)15-2/h5-6,9-12,15-16H,3-4,7-8H2,1-2H3. The third-order valence-electron chi connectivity index (χ3n) is 3.86. The van der Waals surface area contributed by atoms with Crippen LogP contribution in [0, 0.1) is 5.92 Å². The quantitative estimate of drug-likeness (QED) is 0.892. The van der Waals surface area contributed by atoms with E-state index < -0.39 is 10.0 Å². The monoisotopic (exact) mass is 282 g/mol. The minimum absolute atomic E-state index is 0.0589. The van der Waals surface area contributed by atoms with Gasteiger partial charge in [0.1, 0.15) is 4.90 Å². The Balaban J connectivity index is 2.22. The molecule has 1 aromatic rings. The number of sulfonamides is 1. The number of para-hydroxylation sites is 1. The summed E-state index contributed by atoms with van der Waals surface area (Å²) < 4.78 is 27.8. The van der Waals surface area contributed by atoms with Gasteiger partial charge in [0.05, 0.1) is 5.69 Å². The fourth-order valence-corrected chi connectivity index (χ4v) is 4.25. The summed E-state index contributed by atoms with van der Waals surface area (Å²) >= 11 is 0. The Labute approximate surface area is 115 Å². The first kappa shape index (κ1) is 14.3. The van der Waals surface area contributed by atoms with Gasteiger partial charge in [0.2, 0.25) is 10.0 Å². The highest BCUT2D eigenvalue weighted by Gasteiger charge is 2.27. The second-order valence-corrected chi connectivity index (χ2v) is 6.92. The van der Waals surface area contributed by atoms with Gasteiger partial charge in [0, 0.05) is 13.1 Å². The molecule has 5 heteroatoms. The highest BCUT2D eigenvalue weighted by atomic mass is 32.2. The fourth-order valence-electron chi connectivity index (χ4n) is 2.66. The highest BCUT2D eigenvalue weighted by molar-refractivity contribution is 7.89. The molecule has 1 fully saturated rings. The molecule has 0 radical (unpaired) electrons. The van der Waals surface area contributed by atoms with Crippen LogP contribution in [0.2, 0.25) is 0 Å². The van der Waals surface area contributed by atoms with E-state index in [0.29, 0.717) is 16.5 Å². The SMILES string of the molecule is CNc1ccccc1S(=O)(=O)NC1CCCCC1C. The fraction of sp³-hybridized carbons (Fsp3) is 0.571. The van der Waals surface area contributed by atoms with Crippen molar-refractivity contribution in [2.24, 2.45) is 5.92 Å². The number of rotatable bonds is 4. The Kier molecular flexibility index (Phi) is 4.47.